The summed E-state index contributed by atoms with van der Waals surface area (Å²) in [4.78, 5) is 28.1. The van der Waals surface area contributed by atoms with E-state index in [0.29, 0.717) is 24.4 Å². The number of nitrogens with one attached hydrogen (secondary N) is 1. The van der Waals surface area contributed by atoms with Crippen LogP contribution in [0.4, 0.5) is 5.69 Å². The van der Waals surface area contributed by atoms with Gasteiger partial charge in [0.05, 0.1) is 17.8 Å². The summed E-state index contributed by atoms with van der Waals surface area (Å²) >= 11 is 1.44. The molecule has 0 aliphatic rings. The highest BCUT2D eigenvalue weighted by molar-refractivity contribution is 7.12. The molecule has 1 N–H and O–H groups in total. The van der Waals surface area contributed by atoms with E-state index in [9.17, 15) is 9.59 Å². The molecule has 0 atom stereocenters. The smallest absolute Gasteiger partial charge is 0.268 e. The Morgan fingerprint density at radius 2 is 1.59 bits per heavy atom. The van der Waals surface area contributed by atoms with E-state index in [1.807, 2.05) is 72.1 Å². The monoisotopic (exact) mass is 468 g/mol. The molecule has 3 aromatic carbocycles. The van der Waals surface area contributed by atoms with Crippen LogP contribution < -0.4 is 10.2 Å². The summed E-state index contributed by atoms with van der Waals surface area (Å²) in [6.07, 6.45) is 1.12. The largest absolute Gasteiger partial charge is 0.355 e. The SMILES string of the molecule is Cc1cccc(CN(C(=O)c2cccs2)c2ccc(CC(=O)NCCc3ccccc3)cc2)c1. The molecular formula is C29H28N2O2S. The molecule has 4 rings (SSSR count). The van der Waals surface area contributed by atoms with Gasteiger partial charge in [0.1, 0.15) is 0 Å². The number of hydrogen-bond donors (Lipinski definition) is 1. The average molecular weight is 469 g/mol. The van der Waals surface area contributed by atoms with Crippen LogP contribution in [0.2, 0.25) is 0 Å². The lowest BCUT2D eigenvalue weighted by atomic mass is 10.1. The van der Waals surface area contributed by atoms with Gasteiger partial charge in [-0.1, -0.05) is 78.4 Å². The summed E-state index contributed by atoms with van der Waals surface area (Å²) < 4.78 is 0. The third-order valence-corrected chi connectivity index (χ3v) is 6.45. The van der Waals surface area contributed by atoms with Crippen molar-refractivity contribution >= 4 is 28.8 Å². The number of nitrogens with zero attached hydrogens (tertiary/aromatic N) is 1. The molecule has 1 heterocycles. The number of rotatable bonds is 9. The third-order valence-electron chi connectivity index (χ3n) is 5.59. The number of aryl methyl sites for hydroxylation is 1. The molecule has 0 fully saturated rings. The van der Waals surface area contributed by atoms with Gasteiger partial charge in [-0.15, -0.1) is 11.3 Å². The molecule has 0 spiro atoms. The Kier molecular flexibility index (Phi) is 7.89. The van der Waals surface area contributed by atoms with Crippen molar-refractivity contribution in [3.8, 4) is 0 Å². The first kappa shape index (κ1) is 23.5. The van der Waals surface area contributed by atoms with Gasteiger partial charge < -0.3 is 10.2 Å². The van der Waals surface area contributed by atoms with Crippen molar-refractivity contribution < 1.29 is 9.59 Å². The summed E-state index contributed by atoms with van der Waals surface area (Å²) in [5.41, 5.74) is 5.17. The van der Waals surface area contributed by atoms with Crippen molar-refractivity contribution in [3.05, 3.63) is 124 Å². The van der Waals surface area contributed by atoms with E-state index < -0.39 is 0 Å². The number of anilines is 1. The standard InChI is InChI=1S/C29H28N2O2S/c1-22-7-5-10-25(19-22)21-31(29(33)27-11-6-18-34-27)26-14-12-24(13-15-26)20-28(32)30-17-16-23-8-3-2-4-9-23/h2-15,18-19H,16-17,20-21H2,1H3,(H,30,32). The van der Waals surface area contributed by atoms with Crippen LogP contribution in [0.1, 0.15) is 31.9 Å². The lowest BCUT2D eigenvalue weighted by molar-refractivity contribution is -0.120. The Balaban J connectivity index is 1.42. The predicted octanol–water partition coefficient (Wildman–Crippen LogP) is 5.80. The van der Waals surface area contributed by atoms with Crippen molar-refractivity contribution in [1.29, 1.82) is 0 Å². The van der Waals surface area contributed by atoms with Crippen LogP contribution in [0.25, 0.3) is 0 Å². The molecule has 2 amide bonds. The van der Waals surface area contributed by atoms with Crippen molar-refractivity contribution in [2.75, 3.05) is 11.4 Å². The summed E-state index contributed by atoms with van der Waals surface area (Å²) in [5, 5.41) is 4.90. The van der Waals surface area contributed by atoms with E-state index in [4.69, 9.17) is 0 Å². The second kappa shape index (κ2) is 11.4. The highest BCUT2D eigenvalue weighted by Crippen LogP contribution is 2.23. The van der Waals surface area contributed by atoms with Crippen LogP contribution in [0, 0.1) is 6.92 Å². The zero-order valence-corrected chi connectivity index (χ0v) is 20.1. The van der Waals surface area contributed by atoms with Gasteiger partial charge >= 0.3 is 0 Å². The number of benzene rings is 3. The highest BCUT2D eigenvalue weighted by atomic mass is 32.1. The van der Waals surface area contributed by atoms with Crippen LogP contribution in [0.3, 0.4) is 0 Å². The second-order valence-corrected chi connectivity index (χ2v) is 9.23. The molecular weight excluding hydrogens is 440 g/mol. The Morgan fingerprint density at radius 3 is 2.29 bits per heavy atom. The quantitative estimate of drug-likeness (QED) is 0.337. The van der Waals surface area contributed by atoms with Crippen molar-refractivity contribution in [2.24, 2.45) is 0 Å². The summed E-state index contributed by atoms with van der Waals surface area (Å²) in [6, 6.07) is 29.8. The topological polar surface area (TPSA) is 49.4 Å². The van der Waals surface area contributed by atoms with E-state index in [-0.39, 0.29) is 11.8 Å². The average Bonchev–Trinajstić information content (AvgIpc) is 3.39. The van der Waals surface area contributed by atoms with E-state index in [1.165, 1.54) is 16.9 Å². The molecule has 5 heteroatoms. The Labute approximate surface area is 204 Å². The van der Waals surface area contributed by atoms with Crippen LogP contribution in [-0.4, -0.2) is 18.4 Å². The molecule has 0 aliphatic carbocycles. The summed E-state index contributed by atoms with van der Waals surface area (Å²) in [5.74, 6) is -0.0297. The molecule has 0 aliphatic heterocycles. The number of thiophene rings is 1. The lowest BCUT2D eigenvalue weighted by Gasteiger charge is -2.23. The maximum atomic E-state index is 13.3. The number of carbonyl (C=O) groups is 2. The van der Waals surface area contributed by atoms with Crippen LogP contribution >= 0.6 is 11.3 Å². The number of hydrogen-bond acceptors (Lipinski definition) is 3. The van der Waals surface area contributed by atoms with Crippen molar-refractivity contribution in [1.82, 2.24) is 5.32 Å². The van der Waals surface area contributed by atoms with E-state index in [0.717, 1.165) is 28.8 Å². The summed E-state index contributed by atoms with van der Waals surface area (Å²) in [7, 11) is 0. The zero-order chi connectivity index (χ0) is 23.8. The molecule has 1 aromatic heterocycles. The Bertz CT molecular complexity index is 1220. The molecule has 34 heavy (non-hydrogen) atoms. The molecule has 0 radical (unpaired) electrons. The normalized spacial score (nSPS) is 10.6. The van der Waals surface area contributed by atoms with Gasteiger partial charge in [0.25, 0.3) is 5.91 Å². The third kappa shape index (κ3) is 6.42. The Morgan fingerprint density at radius 1 is 0.824 bits per heavy atom. The fourth-order valence-electron chi connectivity index (χ4n) is 3.84. The first-order valence-corrected chi connectivity index (χ1v) is 12.3. The van der Waals surface area contributed by atoms with Gasteiger partial charge in [-0.3, -0.25) is 9.59 Å². The molecule has 4 aromatic rings. The van der Waals surface area contributed by atoms with Crippen molar-refractivity contribution in [2.45, 2.75) is 26.3 Å². The maximum Gasteiger partial charge on any atom is 0.268 e. The van der Waals surface area contributed by atoms with Gasteiger partial charge in [-0.25, -0.2) is 0 Å². The molecule has 4 nitrogen and oxygen atoms in total. The lowest BCUT2D eigenvalue weighted by Crippen LogP contribution is -2.30. The van der Waals surface area contributed by atoms with E-state index in [1.54, 1.807) is 4.90 Å². The van der Waals surface area contributed by atoms with E-state index in [2.05, 4.69) is 36.5 Å². The van der Waals surface area contributed by atoms with Gasteiger partial charge in [-0.05, 0) is 53.6 Å². The molecule has 0 saturated carbocycles. The van der Waals surface area contributed by atoms with E-state index >= 15 is 0 Å². The fourth-order valence-corrected chi connectivity index (χ4v) is 4.51. The fraction of sp³-hybridized carbons (Fsp3) is 0.172. The van der Waals surface area contributed by atoms with Crippen molar-refractivity contribution in [3.63, 3.8) is 0 Å². The number of amides is 2. The van der Waals surface area contributed by atoms with Crippen LogP contribution in [0.15, 0.2) is 96.4 Å². The number of carbonyl (C=O) groups excluding carboxylic acids is 2. The summed E-state index contributed by atoms with van der Waals surface area (Å²) in [6.45, 7) is 3.15. The zero-order valence-electron chi connectivity index (χ0n) is 19.2. The van der Waals surface area contributed by atoms with Crippen LogP contribution in [0.5, 0.6) is 0 Å². The first-order valence-electron chi connectivity index (χ1n) is 11.4. The Hall–Kier alpha value is -3.70. The van der Waals surface area contributed by atoms with Gasteiger partial charge in [0.2, 0.25) is 5.91 Å². The highest BCUT2D eigenvalue weighted by Gasteiger charge is 2.19. The minimum absolute atomic E-state index is 0.00467. The molecule has 0 unspecified atom stereocenters. The molecule has 0 saturated heterocycles. The van der Waals surface area contributed by atoms with Gasteiger partial charge in [0.15, 0.2) is 0 Å². The minimum Gasteiger partial charge on any atom is -0.355 e. The maximum absolute atomic E-state index is 13.3. The minimum atomic E-state index is -0.0251. The second-order valence-electron chi connectivity index (χ2n) is 8.29. The van der Waals surface area contributed by atoms with Gasteiger partial charge in [0, 0.05) is 12.2 Å². The first-order chi connectivity index (χ1) is 16.6. The predicted molar refractivity (Wildman–Crippen MR) is 139 cm³/mol. The molecule has 0 bridgehead atoms. The van der Waals surface area contributed by atoms with Crippen LogP contribution in [-0.2, 0) is 24.2 Å². The molecule has 172 valence electrons. The van der Waals surface area contributed by atoms with Gasteiger partial charge in [-0.2, -0.15) is 0 Å².